The van der Waals surface area contributed by atoms with E-state index in [-0.39, 0.29) is 22.5 Å². The van der Waals surface area contributed by atoms with Crippen molar-refractivity contribution in [2.45, 2.75) is 32.5 Å². The summed E-state index contributed by atoms with van der Waals surface area (Å²) in [5.74, 6) is 0. The number of benzene rings is 3. The second-order valence-electron chi connectivity index (χ2n) is 7.94. The Balaban J connectivity index is 0.00000261. The second-order valence-corrected chi connectivity index (χ2v) is 11.4. The van der Waals surface area contributed by atoms with Gasteiger partial charge in [-0.15, -0.1) is 0 Å². The molecule has 0 heterocycles. The summed E-state index contributed by atoms with van der Waals surface area (Å²) in [6.07, 6.45) is 1.06. The molecule has 3 aromatic rings. The Labute approximate surface area is 175 Å². The molecule has 0 spiro atoms. The smallest absolute Gasteiger partial charge is 0.139 e. The molecule has 0 saturated carbocycles. The van der Waals surface area contributed by atoms with E-state index in [1.807, 2.05) is 0 Å². The van der Waals surface area contributed by atoms with Gasteiger partial charge in [0.15, 0.2) is 0 Å². The van der Waals surface area contributed by atoms with Crippen molar-refractivity contribution in [2.24, 2.45) is 0 Å². The third kappa shape index (κ3) is 5.00. The monoisotopic (exact) mass is 441 g/mol. The van der Waals surface area contributed by atoms with Gasteiger partial charge in [-0.3, -0.25) is 0 Å². The Morgan fingerprint density at radius 3 is 1.63 bits per heavy atom. The molecule has 0 fully saturated rings. The van der Waals surface area contributed by atoms with E-state index in [4.69, 9.17) is 0 Å². The molecule has 3 aromatic carbocycles. The summed E-state index contributed by atoms with van der Waals surface area (Å²) in [4.78, 5) is 0. The van der Waals surface area contributed by atoms with Crippen LogP contribution in [-0.2, 0) is 6.16 Å². The second kappa shape index (κ2) is 9.04. The number of hydrogen-bond acceptors (Lipinski definition) is 1. The highest BCUT2D eigenvalue weighted by atomic mass is 79.9. The van der Waals surface area contributed by atoms with Gasteiger partial charge in [-0.2, -0.15) is 0 Å². The molecule has 0 amide bonds. The maximum absolute atomic E-state index is 2.68. The third-order valence-corrected chi connectivity index (χ3v) is 8.83. The van der Waals surface area contributed by atoms with Crippen LogP contribution in [0.15, 0.2) is 91.0 Å². The summed E-state index contributed by atoms with van der Waals surface area (Å²) in [6.45, 7) is 9.46. The van der Waals surface area contributed by atoms with Crippen molar-refractivity contribution in [1.29, 1.82) is 0 Å². The first kappa shape index (κ1) is 21.7. The molecule has 0 aromatic heterocycles. The van der Waals surface area contributed by atoms with Gasteiger partial charge in [0.05, 0.1) is 17.9 Å². The zero-order valence-electron chi connectivity index (χ0n) is 16.6. The van der Waals surface area contributed by atoms with E-state index in [0.29, 0.717) is 0 Å². The van der Waals surface area contributed by atoms with Gasteiger partial charge < -0.3 is 17.0 Å². The third-order valence-electron chi connectivity index (χ3n) is 4.72. The van der Waals surface area contributed by atoms with Gasteiger partial charge in [-0.1, -0.05) is 66.7 Å². The fourth-order valence-corrected chi connectivity index (χ4v) is 8.10. The molecule has 0 N–H and O–H groups in total. The number of nitrogens with zero attached hydrogens (tertiary/aromatic N) is 1. The summed E-state index contributed by atoms with van der Waals surface area (Å²) in [7, 11) is -1.66. The van der Waals surface area contributed by atoms with Crippen molar-refractivity contribution < 1.29 is 17.0 Å². The molecule has 142 valence electrons. The molecule has 0 aliphatic rings. The molecular weight excluding hydrogens is 413 g/mol. The maximum atomic E-state index is 2.68. The average molecular weight is 442 g/mol. The van der Waals surface area contributed by atoms with Gasteiger partial charge in [0, 0.05) is 0 Å². The molecule has 1 nitrogen and oxygen atoms in total. The summed E-state index contributed by atoms with van der Waals surface area (Å²) >= 11 is 0. The van der Waals surface area contributed by atoms with Crippen LogP contribution in [0.3, 0.4) is 0 Å². The molecule has 1 unspecified atom stereocenters. The molecule has 0 aliphatic heterocycles. The molecule has 27 heavy (non-hydrogen) atoms. The first-order valence-electron chi connectivity index (χ1n) is 9.22. The highest BCUT2D eigenvalue weighted by Crippen LogP contribution is 2.64. The fraction of sp³-hybridized carbons (Fsp3) is 0.250. The lowest BCUT2D eigenvalue weighted by Crippen LogP contribution is -3.00. The molecule has 3 heteroatoms. The lowest BCUT2D eigenvalue weighted by atomic mass is 10.1. The van der Waals surface area contributed by atoms with Gasteiger partial charge >= 0.3 is 0 Å². The lowest BCUT2D eigenvalue weighted by Gasteiger charge is -2.44. The van der Waals surface area contributed by atoms with E-state index in [2.05, 4.69) is 123 Å². The zero-order valence-corrected chi connectivity index (χ0v) is 19.1. The van der Waals surface area contributed by atoms with Crippen LogP contribution in [0, 0.1) is 0 Å². The van der Waals surface area contributed by atoms with Gasteiger partial charge in [0.25, 0.3) is 0 Å². The Morgan fingerprint density at radius 1 is 0.704 bits per heavy atom. The number of para-hydroxylation sites is 1. The van der Waals surface area contributed by atoms with Crippen molar-refractivity contribution in [1.82, 2.24) is 0 Å². The summed E-state index contributed by atoms with van der Waals surface area (Å²) in [6, 6.07) is 32.8. The Hall–Kier alpha value is -1.63. The van der Waals surface area contributed by atoms with Crippen LogP contribution in [-0.4, -0.2) is 12.2 Å². The van der Waals surface area contributed by atoms with E-state index in [0.717, 1.165) is 6.16 Å². The normalized spacial score (nSPS) is 13.3. The predicted octanol–water partition coefficient (Wildman–Crippen LogP) is 3.38. The minimum absolute atomic E-state index is 0. The zero-order chi connectivity index (χ0) is 18.6. The summed E-state index contributed by atoms with van der Waals surface area (Å²) < 4.78 is 2.68. The first-order chi connectivity index (χ1) is 12.4. The van der Waals surface area contributed by atoms with Gasteiger partial charge in [-0.05, 0) is 50.6 Å². The van der Waals surface area contributed by atoms with Crippen LogP contribution in [0.1, 0.15) is 26.3 Å². The van der Waals surface area contributed by atoms with E-state index >= 15 is 0 Å². The number of hydrogen-bond donors (Lipinski definition) is 0. The van der Waals surface area contributed by atoms with Crippen molar-refractivity contribution in [3.8, 4) is 0 Å². The quantitative estimate of drug-likeness (QED) is 0.548. The molecule has 0 radical (unpaired) electrons. The van der Waals surface area contributed by atoms with Gasteiger partial charge in [0.1, 0.15) is 18.9 Å². The van der Waals surface area contributed by atoms with Crippen LogP contribution in [0.2, 0.25) is 0 Å². The molecule has 1 atom stereocenters. The SMILES string of the molecule is CC(C)(C)N(c1ccccc1)[P+](C)(Cc1ccccc1)c1ccccc1.[Br-]. The van der Waals surface area contributed by atoms with Crippen LogP contribution >= 0.6 is 7.41 Å². The van der Waals surface area contributed by atoms with Crippen LogP contribution in [0.4, 0.5) is 5.69 Å². The van der Waals surface area contributed by atoms with Crippen molar-refractivity contribution in [3.05, 3.63) is 96.6 Å². The van der Waals surface area contributed by atoms with Gasteiger partial charge in [0.2, 0.25) is 0 Å². The fourth-order valence-electron chi connectivity index (χ4n) is 3.84. The van der Waals surface area contributed by atoms with Crippen LogP contribution in [0.5, 0.6) is 0 Å². The van der Waals surface area contributed by atoms with E-state index in [1.54, 1.807) is 0 Å². The van der Waals surface area contributed by atoms with Gasteiger partial charge in [-0.25, -0.2) is 4.67 Å². The minimum atomic E-state index is -1.66. The Bertz CT molecular complexity index is 815. The summed E-state index contributed by atoms with van der Waals surface area (Å²) in [5.41, 5.74) is 2.72. The average Bonchev–Trinajstić information content (AvgIpc) is 2.63. The van der Waals surface area contributed by atoms with E-state index < -0.39 is 7.41 Å². The highest BCUT2D eigenvalue weighted by molar-refractivity contribution is 7.83. The molecule has 0 aliphatic carbocycles. The number of halogens is 1. The Morgan fingerprint density at radius 2 is 1.15 bits per heavy atom. The largest absolute Gasteiger partial charge is 1.00 e. The first-order valence-corrected chi connectivity index (χ1v) is 11.6. The molecule has 3 rings (SSSR count). The van der Waals surface area contributed by atoms with E-state index in [1.165, 1.54) is 16.6 Å². The van der Waals surface area contributed by atoms with Crippen molar-refractivity contribution in [3.63, 3.8) is 0 Å². The number of rotatable bonds is 5. The minimum Gasteiger partial charge on any atom is -1.00 e. The predicted molar refractivity (Wildman–Crippen MR) is 118 cm³/mol. The molecular formula is C24H29BrNP. The summed E-state index contributed by atoms with van der Waals surface area (Å²) in [5, 5.41) is 1.45. The number of anilines is 1. The van der Waals surface area contributed by atoms with E-state index in [9.17, 15) is 0 Å². The molecule has 0 bridgehead atoms. The Kier molecular flexibility index (Phi) is 7.25. The molecule has 0 saturated heterocycles. The lowest BCUT2D eigenvalue weighted by molar-refractivity contribution is -0.00000594. The maximum Gasteiger partial charge on any atom is 0.139 e. The standard InChI is InChI=1S/C24H29NP.BrH/c1-24(2,3)25(22-16-10-6-11-17-22)26(4,23-18-12-7-13-19-23)20-21-14-8-5-9-15-21;/h5-19H,20H2,1-4H3;1H/q+1;/p-1. The van der Waals surface area contributed by atoms with Crippen molar-refractivity contribution >= 4 is 18.4 Å². The van der Waals surface area contributed by atoms with Crippen LogP contribution in [0.25, 0.3) is 0 Å². The highest BCUT2D eigenvalue weighted by Gasteiger charge is 2.47. The topological polar surface area (TPSA) is 3.24 Å². The van der Waals surface area contributed by atoms with Crippen molar-refractivity contribution in [2.75, 3.05) is 11.3 Å². The van der Waals surface area contributed by atoms with Crippen LogP contribution < -0.4 is 27.0 Å².